The van der Waals surface area contributed by atoms with Crippen LogP contribution >= 0.6 is 0 Å². The Morgan fingerprint density at radius 3 is 3.17 bits per heavy atom. The van der Waals surface area contributed by atoms with Gasteiger partial charge in [-0.25, -0.2) is 4.98 Å². The molecule has 0 aromatic carbocycles. The van der Waals surface area contributed by atoms with Crippen molar-refractivity contribution in [2.24, 2.45) is 0 Å². The molecule has 1 N–H and O–H groups in total. The van der Waals surface area contributed by atoms with Crippen LogP contribution in [0.1, 0.15) is 18.0 Å². The molecular weight excluding hydrogens is 230 g/mol. The largest absolute Gasteiger partial charge is 0.493 e. The van der Waals surface area contributed by atoms with E-state index >= 15 is 0 Å². The van der Waals surface area contributed by atoms with Crippen molar-refractivity contribution in [2.75, 3.05) is 20.2 Å². The van der Waals surface area contributed by atoms with Crippen molar-refractivity contribution < 1.29 is 4.74 Å². The second-order valence-corrected chi connectivity index (χ2v) is 4.48. The summed E-state index contributed by atoms with van der Waals surface area (Å²) in [4.78, 5) is 16.7. The molecule has 2 aromatic rings. The van der Waals surface area contributed by atoms with Gasteiger partial charge in [0.1, 0.15) is 0 Å². The lowest BCUT2D eigenvalue weighted by Gasteiger charge is -2.10. The van der Waals surface area contributed by atoms with E-state index in [0.29, 0.717) is 17.3 Å². The summed E-state index contributed by atoms with van der Waals surface area (Å²) in [5.41, 5.74) is 1.39. The Morgan fingerprint density at radius 1 is 1.56 bits per heavy atom. The first-order valence-corrected chi connectivity index (χ1v) is 6.06. The van der Waals surface area contributed by atoms with Crippen LogP contribution in [0.5, 0.6) is 5.75 Å². The van der Waals surface area contributed by atoms with Crippen molar-refractivity contribution in [2.45, 2.75) is 12.3 Å². The third-order valence-electron chi connectivity index (χ3n) is 3.37. The Bertz CT molecular complexity index is 630. The van der Waals surface area contributed by atoms with E-state index in [9.17, 15) is 4.79 Å². The molecule has 1 saturated heterocycles. The predicted octanol–water partition coefficient (Wildman–Crippen LogP) is 0.780. The number of pyridine rings is 1. The molecule has 1 aliphatic heterocycles. The highest BCUT2D eigenvalue weighted by Gasteiger charge is 2.19. The van der Waals surface area contributed by atoms with E-state index in [0.717, 1.165) is 25.2 Å². The first-order valence-electron chi connectivity index (χ1n) is 6.06. The molecule has 0 spiro atoms. The third-order valence-corrected chi connectivity index (χ3v) is 3.37. The Hall–Kier alpha value is -1.88. The first-order chi connectivity index (χ1) is 8.79. The van der Waals surface area contributed by atoms with Gasteiger partial charge in [0.25, 0.3) is 5.56 Å². The summed E-state index contributed by atoms with van der Waals surface area (Å²) in [6, 6.07) is 5.23. The molecule has 3 heterocycles. The number of nitrogens with zero attached hydrogens (tertiary/aromatic N) is 2. The summed E-state index contributed by atoms with van der Waals surface area (Å²) in [5, 5.41) is 3.29. The molecule has 1 unspecified atom stereocenters. The topological polar surface area (TPSA) is 55.6 Å². The highest BCUT2D eigenvalue weighted by Crippen LogP contribution is 2.22. The Kier molecular flexibility index (Phi) is 2.76. The summed E-state index contributed by atoms with van der Waals surface area (Å²) < 4.78 is 6.78. The van der Waals surface area contributed by atoms with Gasteiger partial charge in [0.15, 0.2) is 11.4 Å². The fourth-order valence-electron chi connectivity index (χ4n) is 2.39. The fourth-order valence-corrected chi connectivity index (χ4v) is 2.39. The minimum atomic E-state index is -0.0548. The number of ether oxygens (including phenoxy) is 1. The SMILES string of the molecule is COc1cccn2c(=O)cc(C3CCNC3)nc12. The van der Waals surface area contributed by atoms with Crippen LogP contribution in [0.3, 0.4) is 0 Å². The zero-order chi connectivity index (χ0) is 12.5. The van der Waals surface area contributed by atoms with Gasteiger partial charge in [0.2, 0.25) is 0 Å². The van der Waals surface area contributed by atoms with Crippen LogP contribution in [0.15, 0.2) is 29.2 Å². The molecule has 3 rings (SSSR count). The van der Waals surface area contributed by atoms with Gasteiger partial charge in [-0.1, -0.05) is 0 Å². The smallest absolute Gasteiger partial charge is 0.258 e. The Balaban J connectivity index is 2.21. The maximum Gasteiger partial charge on any atom is 0.258 e. The normalized spacial score (nSPS) is 19.3. The first kappa shape index (κ1) is 11.2. The van der Waals surface area contributed by atoms with Crippen molar-refractivity contribution in [3.63, 3.8) is 0 Å². The Morgan fingerprint density at radius 2 is 2.44 bits per heavy atom. The molecule has 0 saturated carbocycles. The van der Waals surface area contributed by atoms with E-state index in [1.165, 1.54) is 4.40 Å². The lowest BCUT2D eigenvalue weighted by molar-refractivity contribution is 0.416. The quantitative estimate of drug-likeness (QED) is 0.849. The summed E-state index contributed by atoms with van der Waals surface area (Å²) in [6.45, 7) is 1.87. The molecular formula is C13H15N3O2. The lowest BCUT2D eigenvalue weighted by atomic mass is 10.0. The van der Waals surface area contributed by atoms with Gasteiger partial charge < -0.3 is 10.1 Å². The molecule has 0 aliphatic carbocycles. The van der Waals surface area contributed by atoms with E-state index in [4.69, 9.17) is 4.74 Å². The predicted molar refractivity (Wildman–Crippen MR) is 68.2 cm³/mol. The van der Waals surface area contributed by atoms with Crippen molar-refractivity contribution in [3.05, 3.63) is 40.4 Å². The second kappa shape index (κ2) is 4.42. The number of aromatic nitrogens is 2. The standard InChI is InChI=1S/C13H15N3O2/c1-18-11-3-2-6-16-12(17)7-10(15-13(11)16)9-4-5-14-8-9/h2-3,6-7,9,14H,4-5,8H2,1H3. The lowest BCUT2D eigenvalue weighted by Crippen LogP contribution is -2.18. The van der Waals surface area contributed by atoms with Crippen LogP contribution in [-0.2, 0) is 0 Å². The maximum absolute atomic E-state index is 12.1. The van der Waals surface area contributed by atoms with E-state index in [1.807, 2.05) is 6.07 Å². The Labute approximate surface area is 104 Å². The molecule has 1 fully saturated rings. The fraction of sp³-hybridized carbons (Fsp3) is 0.385. The molecule has 1 aliphatic rings. The minimum Gasteiger partial charge on any atom is -0.493 e. The number of hydrogen-bond donors (Lipinski definition) is 1. The van der Waals surface area contributed by atoms with Crippen molar-refractivity contribution in [1.82, 2.24) is 14.7 Å². The third kappa shape index (κ3) is 1.76. The van der Waals surface area contributed by atoms with Crippen LogP contribution in [0, 0.1) is 0 Å². The van der Waals surface area contributed by atoms with Crippen LogP contribution in [-0.4, -0.2) is 29.6 Å². The van der Waals surface area contributed by atoms with Gasteiger partial charge in [-0.15, -0.1) is 0 Å². The van der Waals surface area contributed by atoms with Crippen molar-refractivity contribution in [1.29, 1.82) is 0 Å². The van der Waals surface area contributed by atoms with Crippen molar-refractivity contribution >= 4 is 5.65 Å². The summed E-state index contributed by atoms with van der Waals surface area (Å²) >= 11 is 0. The maximum atomic E-state index is 12.1. The van der Waals surface area contributed by atoms with Crippen LogP contribution in [0.25, 0.3) is 5.65 Å². The minimum absolute atomic E-state index is 0.0548. The molecule has 0 radical (unpaired) electrons. The van der Waals surface area contributed by atoms with Crippen LogP contribution < -0.4 is 15.6 Å². The number of hydrogen-bond acceptors (Lipinski definition) is 4. The van der Waals surface area contributed by atoms with Crippen LogP contribution in [0.2, 0.25) is 0 Å². The number of fused-ring (bicyclic) bond motifs is 1. The van der Waals surface area contributed by atoms with E-state index in [1.54, 1.807) is 25.4 Å². The molecule has 5 nitrogen and oxygen atoms in total. The number of methoxy groups -OCH3 is 1. The van der Waals surface area contributed by atoms with E-state index in [-0.39, 0.29) is 5.56 Å². The highest BCUT2D eigenvalue weighted by atomic mass is 16.5. The average molecular weight is 245 g/mol. The monoisotopic (exact) mass is 245 g/mol. The second-order valence-electron chi connectivity index (χ2n) is 4.48. The zero-order valence-corrected chi connectivity index (χ0v) is 10.2. The van der Waals surface area contributed by atoms with Crippen LogP contribution in [0.4, 0.5) is 0 Å². The summed E-state index contributed by atoms with van der Waals surface area (Å²) in [5.74, 6) is 0.954. The zero-order valence-electron chi connectivity index (χ0n) is 10.2. The van der Waals surface area contributed by atoms with Gasteiger partial charge in [0, 0.05) is 24.7 Å². The van der Waals surface area contributed by atoms with Gasteiger partial charge in [-0.3, -0.25) is 9.20 Å². The molecule has 0 bridgehead atoms. The average Bonchev–Trinajstić information content (AvgIpc) is 2.92. The van der Waals surface area contributed by atoms with E-state index < -0.39 is 0 Å². The molecule has 94 valence electrons. The van der Waals surface area contributed by atoms with Gasteiger partial charge in [-0.05, 0) is 25.1 Å². The molecule has 0 amide bonds. The highest BCUT2D eigenvalue weighted by molar-refractivity contribution is 5.53. The molecule has 1 atom stereocenters. The van der Waals surface area contributed by atoms with Gasteiger partial charge >= 0.3 is 0 Å². The number of rotatable bonds is 2. The van der Waals surface area contributed by atoms with Gasteiger partial charge in [-0.2, -0.15) is 0 Å². The molecule has 2 aromatic heterocycles. The molecule has 5 heteroatoms. The molecule has 18 heavy (non-hydrogen) atoms. The number of nitrogens with one attached hydrogen (secondary N) is 1. The van der Waals surface area contributed by atoms with Gasteiger partial charge in [0.05, 0.1) is 12.8 Å². The summed E-state index contributed by atoms with van der Waals surface area (Å²) in [6.07, 6.45) is 2.74. The van der Waals surface area contributed by atoms with Crippen molar-refractivity contribution in [3.8, 4) is 5.75 Å². The summed E-state index contributed by atoms with van der Waals surface area (Å²) in [7, 11) is 1.59. The van der Waals surface area contributed by atoms with E-state index in [2.05, 4.69) is 10.3 Å².